The van der Waals surface area contributed by atoms with E-state index in [1.807, 2.05) is 30.3 Å². The second-order valence-corrected chi connectivity index (χ2v) is 6.75. The fraction of sp³-hybridized carbons (Fsp3) is 0.444. The van der Waals surface area contributed by atoms with Gasteiger partial charge in [0.05, 0.1) is 0 Å². The number of H-pyrrole nitrogens is 1. The average molecular weight is 354 g/mol. The number of carbonyl (C=O) groups is 2. The number of carbonyl (C=O) groups excluding carboxylic acids is 2. The molecule has 2 aromatic rings. The van der Waals surface area contributed by atoms with Crippen LogP contribution in [-0.4, -0.2) is 57.7 Å². The fourth-order valence-electron chi connectivity index (χ4n) is 3.50. The summed E-state index contributed by atoms with van der Waals surface area (Å²) >= 11 is 0. The standard InChI is InChI=1S/C18H22N6O2/c25-17-14(6-9-19-17)20-18(26)24-10-7-13(8-11-24)16-21-15(22-23-16)12-4-2-1-3-5-12/h1-5,13-14H,6-11H2,(H,19,25)(H,20,26)(H,21,22,23)/t14-/m0/s1. The maximum Gasteiger partial charge on any atom is 0.318 e. The molecule has 2 aliphatic heterocycles. The first kappa shape index (κ1) is 16.6. The summed E-state index contributed by atoms with van der Waals surface area (Å²) in [5.74, 6) is 1.74. The number of rotatable bonds is 3. The van der Waals surface area contributed by atoms with Gasteiger partial charge in [-0.15, -0.1) is 0 Å². The number of benzene rings is 1. The average Bonchev–Trinajstić information content (AvgIpc) is 3.32. The van der Waals surface area contributed by atoms with E-state index in [-0.39, 0.29) is 17.9 Å². The molecule has 1 aromatic heterocycles. The first-order chi connectivity index (χ1) is 12.7. The Labute approximate surface area is 151 Å². The zero-order chi connectivity index (χ0) is 17.9. The molecule has 1 atom stereocenters. The SMILES string of the molecule is O=C1NCC[C@@H]1NC(=O)N1CCC(c2nc(-c3ccccc3)n[nH]2)CC1. The number of amides is 3. The smallest absolute Gasteiger partial charge is 0.318 e. The van der Waals surface area contributed by atoms with Gasteiger partial charge in [0.2, 0.25) is 5.91 Å². The number of nitrogens with one attached hydrogen (secondary N) is 3. The van der Waals surface area contributed by atoms with Gasteiger partial charge in [0.25, 0.3) is 0 Å². The van der Waals surface area contributed by atoms with E-state index in [4.69, 9.17) is 0 Å². The number of nitrogens with zero attached hydrogens (tertiary/aromatic N) is 3. The molecule has 2 aliphatic rings. The molecule has 3 heterocycles. The van der Waals surface area contributed by atoms with E-state index in [9.17, 15) is 9.59 Å². The normalized spacial score (nSPS) is 20.8. The lowest BCUT2D eigenvalue weighted by atomic mass is 9.96. The fourth-order valence-corrected chi connectivity index (χ4v) is 3.50. The minimum Gasteiger partial charge on any atom is -0.354 e. The van der Waals surface area contributed by atoms with Crippen molar-refractivity contribution in [1.29, 1.82) is 0 Å². The number of hydrogen-bond donors (Lipinski definition) is 3. The van der Waals surface area contributed by atoms with Crippen molar-refractivity contribution >= 4 is 11.9 Å². The molecule has 4 rings (SSSR count). The summed E-state index contributed by atoms with van der Waals surface area (Å²) < 4.78 is 0. The van der Waals surface area contributed by atoms with Crippen LogP contribution in [0.2, 0.25) is 0 Å². The molecular weight excluding hydrogens is 332 g/mol. The Bertz CT molecular complexity index is 782. The molecule has 3 N–H and O–H groups in total. The molecule has 0 saturated carbocycles. The number of urea groups is 1. The van der Waals surface area contributed by atoms with Crippen molar-refractivity contribution in [3.63, 3.8) is 0 Å². The maximum absolute atomic E-state index is 12.3. The van der Waals surface area contributed by atoms with Crippen molar-refractivity contribution < 1.29 is 9.59 Å². The Hall–Kier alpha value is -2.90. The van der Waals surface area contributed by atoms with Crippen molar-refractivity contribution in [3.8, 4) is 11.4 Å². The van der Waals surface area contributed by atoms with Crippen molar-refractivity contribution in [2.45, 2.75) is 31.2 Å². The predicted octanol–water partition coefficient (Wildman–Crippen LogP) is 1.25. The predicted molar refractivity (Wildman–Crippen MR) is 95.3 cm³/mol. The molecule has 3 amide bonds. The summed E-state index contributed by atoms with van der Waals surface area (Å²) in [7, 11) is 0. The number of aromatic nitrogens is 3. The van der Waals surface area contributed by atoms with E-state index in [2.05, 4.69) is 25.8 Å². The zero-order valence-corrected chi connectivity index (χ0v) is 14.4. The molecule has 1 aromatic carbocycles. The summed E-state index contributed by atoms with van der Waals surface area (Å²) in [5.41, 5.74) is 0.988. The molecule has 0 unspecified atom stereocenters. The van der Waals surface area contributed by atoms with Gasteiger partial charge in [0, 0.05) is 31.1 Å². The summed E-state index contributed by atoms with van der Waals surface area (Å²) in [4.78, 5) is 30.3. The van der Waals surface area contributed by atoms with Gasteiger partial charge >= 0.3 is 6.03 Å². The van der Waals surface area contributed by atoms with Crippen LogP contribution in [0.15, 0.2) is 30.3 Å². The van der Waals surface area contributed by atoms with Crippen molar-refractivity contribution in [3.05, 3.63) is 36.2 Å². The number of likely N-dealkylation sites (tertiary alicyclic amines) is 1. The maximum atomic E-state index is 12.3. The lowest BCUT2D eigenvalue weighted by molar-refractivity contribution is -0.120. The summed E-state index contributed by atoms with van der Waals surface area (Å²) in [6, 6.07) is 9.31. The van der Waals surface area contributed by atoms with Crippen LogP contribution in [0.4, 0.5) is 4.79 Å². The number of aromatic amines is 1. The highest BCUT2D eigenvalue weighted by molar-refractivity contribution is 5.88. The van der Waals surface area contributed by atoms with Crippen LogP contribution in [0.25, 0.3) is 11.4 Å². The summed E-state index contributed by atoms with van der Waals surface area (Å²) in [5, 5.41) is 12.9. The third-order valence-electron chi connectivity index (χ3n) is 5.05. The molecule has 136 valence electrons. The van der Waals surface area contributed by atoms with Gasteiger partial charge in [-0.05, 0) is 19.3 Å². The van der Waals surface area contributed by atoms with Crippen molar-refractivity contribution in [1.82, 2.24) is 30.7 Å². The lowest BCUT2D eigenvalue weighted by Gasteiger charge is -2.31. The minimum atomic E-state index is -0.400. The van der Waals surface area contributed by atoms with Crippen LogP contribution >= 0.6 is 0 Å². The van der Waals surface area contributed by atoms with Crippen LogP contribution in [0, 0.1) is 0 Å². The van der Waals surface area contributed by atoms with E-state index in [1.165, 1.54) is 0 Å². The second kappa shape index (κ2) is 7.15. The van der Waals surface area contributed by atoms with Crippen molar-refractivity contribution in [2.24, 2.45) is 0 Å². The molecule has 0 bridgehead atoms. The van der Waals surface area contributed by atoms with E-state index in [0.29, 0.717) is 31.9 Å². The Morgan fingerprint density at radius 1 is 1.15 bits per heavy atom. The Balaban J connectivity index is 1.33. The van der Waals surface area contributed by atoms with Gasteiger partial charge in [0.1, 0.15) is 11.9 Å². The molecule has 26 heavy (non-hydrogen) atoms. The van der Waals surface area contributed by atoms with Crippen LogP contribution in [0.3, 0.4) is 0 Å². The van der Waals surface area contributed by atoms with Crippen LogP contribution in [-0.2, 0) is 4.79 Å². The molecule has 0 radical (unpaired) electrons. The van der Waals surface area contributed by atoms with Gasteiger partial charge in [-0.2, -0.15) is 5.10 Å². The van der Waals surface area contributed by atoms with Gasteiger partial charge in [0.15, 0.2) is 5.82 Å². The van der Waals surface area contributed by atoms with Gasteiger partial charge < -0.3 is 15.5 Å². The van der Waals surface area contributed by atoms with Gasteiger partial charge in [-0.3, -0.25) is 9.89 Å². The van der Waals surface area contributed by atoms with E-state index in [1.54, 1.807) is 4.90 Å². The van der Waals surface area contributed by atoms with Gasteiger partial charge in [-0.25, -0.2) is 9.78 Å². The molecule has 0 spiro atoms. The molecule has 2 saturated heterocycles. The molecular formula is C18H22N6O2. The van der Waals surface area contributed by atoms with E-state index in [0.717, 1.165) is 24.2 Å². The van der Waals surface area contributed by atoms with Crippen molar-refractivity contribution in [2.75, 3.05) is 19.6 Å². The minimum absolute atomic E-state index is 0.0941. The first-order valence-electron chi connectivity index (χ1n) is 9.01. The Morgan fingerprint density at radius 3 is 2.62 bits per heavy atom. The monoisotopic (exact) mass is 354 g/mol. The highest BCUT2D eigenvalue weighted by Crippen LogP contribution is 2.27. The molecule has 0 aliphatic carbocycles. The second-order valence-electron chi connectivity index (χ2n) is 6.75. The third-order valence-corrected chi connectivity index (χ3v) is 5.05. The first-order valence-corrected chi connectivity index (χ1v) is 9.01. The van der Waals surface area contributed by atoms with E-state index >= 15 is 0 Å². The van der Waals surface area contributed by atoms with Gasteiger partial charge in [-0.1, -0.05) is 30.3 Å². The topological polar surface area (TPSA) is 103 Å². The molecule has 2 fully saturated rings. The largest absolute Gasteiger partial charge is 0.354 e. The third kappa shape index (κ3) is 3.40. The zero-order valence-electron chi connectivity index (χ0n) is 14.4. The highest BCUT2D eigenvalue weighted by Gasteiger charge is 2.30. The highest BCUT2D eigenvalue weighted by atomic mass is 16.2. The molecule has 8 nitrogen and oxygen atoms in total. The van der Waals surface area contributed by atoms with Crippen LogP contribution in [0.5, 0.6) is 0 Å². The Kier molecular flexibility index (Phi) is 4.55. The summed E-state index contributed by atoms with van der Waals surface area (Å²) in [6.45, 7) is 1.92. The summed E-state index contributed by atoms with van der Waals surface area (Å²) in [6.07, 6.45) is 2.31. The van der Waals surface area contributed by atoms with Crippen LogP contribution < -0.4 is 10.6 Å². The number of hydrogen-bond acceptors (Lipinski definition) is 4. The number of piperidine rings is 1. The quantitative estimate of drug-likeness (QED) is 0.772. The molecule has 8 heteroatoms. The van der Waals surface area contributed by atoms with Crippen LogP contribution in [0.1, 0.15) is 31.0 Å². The Morgan fingerprint density at radius 2 is 1.92 bits per heavy atom. The lowest BCUT2D eigenvalue weighted by Crippen LogP contribution is -2.49. The van der Waals surface area contributed by atoms with E-state index < -0.39 is 6.04 Å².